The fourth-order valence-corrected chi connectivity index (χ4v) is 1.24. The molecule has 2 nitrogen and oxygen atoms in total. The Bertz CT molecular complexity index is 122. The molecule has 0 aromatic carbocycles. The number of hydrogen-bond donors (Lipinski definition) is 2. The van der Waals surface area contributed by atoms with Crippen molar-refractivity contribution < 1.29 is 0 Å². The highest BCUT2D eigenvalue weighted by molar-refractivity contribution is 5.01. The van der Waals surface area contributed by atoms with E-state index in [1.54, 1.807) is 0 Å². The minimum absolute atomic E-state index is 1.08. The zero-order valence-electron chi connectivity index (χ0n) is 7.32. The molecule has 1 heterocycles. The first-order chi connectivity index (χ1) is 5.43. The van der Waals surface area contributed by atoms with Crippen LogP contribution in [-0.2, 0) is 0 Å². The van der Waals surface area contributed by atoms with Gasteiger partial charge in [0.2, 0.25) is 0 Å². The Morgan fingerprint density at radius 3 is 2.64 bits per heavy atom. The Labute approximate surface area is 69.1 Å². The molecule has 1 aliphatic heterocycles. The zero-order chi connectivity index (χ0) is 7.94. The molecule has 0 spiro atoms. The summed E-state index contributed by atoms with van der Waals surface area (Å²) in [5, 5.41) is 6.57. The molecule has 1 aliphatic rings. The third-order valence-electron chi connectivity index (χ3n) is 1.91. The Morgan fingerprint density at radius 2 is 2.00 bits per heavy atom. The quantitative estimate of drug-likeness (QED) is 0.601. The highest BCUT2D eigenvalue weighted by atomic mass is 15.2. The minimum atomic E-state index is 1.08. The van der Waals surface area contributed by atoms with Gasteiger partial charge in [-0.05, 0) is 18.9 Å². The van der Waals surface area contributed by atoms with Crippen molar-refractivity contribution in [2.45, 2.75) is 32.6 Å². The molecule has 0 amide bonds. The number of hydrogen-bond acceptors (Lipinski definition) is 2. The number of allylic oxidation sites excluding steroid dienone is 1. The van der Waals surface area contributed by atoms with Gasteiger partial charge in [0.1, 0.15) is 0 Å². The van der Waals surface area contributed by atoms with Gasteiger partial charge in [-0.1, -0.05) is 19.8 Å². The van der Waals surface area contributed by atoms with Crippen LogP contribution in [0.4, 0.5) is 0 Å². The molecule has 64 valence electrons. The van der Waals surface area contributed by atoms with Gasteiger partial charge in [0.05, 0.1) is 5.82 Å². The maximum atomic E-state index is 3.28. The Morgan fingerprint density at radius 1 is 1.27 bits per heavy atom. The summed E-state index contributed by atoms with van der Waals surface area (Å²) >= 11 is 0. The van der Waals surface area contributed by atoms with E-state index in [0.29, 0.717) is 0 Å². The van der Waals surface area contributed by atoms with Crippen molar-refractivity contribution in [3.8, 4) is 0 Å². The summed E-state index contributed by atoms with van der Waals surface area (Å²) in [6.45, 7) is 4.40. The smallest absolute Gasteiger partial charge is 0.0946 e. The van der Waals surface area contributed by atoms with Crippen molar-refractivity contribution in [1.82, 2.24) is 10.6 Å². The predicted octanol–water partition coefficient (Wildman–Crippen LogP) is 1.60. The largest absolute Gasteiger partial charge is 0.370 e. The topological polar surface area (TPSA) is 24.1 Å². The van der Waals surface area contributed by atoms with E-state index in [9.17, 15) is 0 Å². The average molecular weight is 154 g/mol. The lowest BCUT2D eigenvalue weighted by Crippen LogP contribution is -2.09. The second-order valence-electron chi connectivity index (χ2n) is 2.97. The van der Waals surface area contributed by atoms with E-state index in [2.05, 4.69) is 23.6 Å². The van der Waals surface area contributed by atoms with Gasteiger partial charge >= 0.3 is 0 Å². The van der Waals surface area contributed by atoms with E-state index in [1.165, 1.54) is 31.5 Å². The van der Waals surface area contributed by atoms with Crippen LogP contribution in [0, 0.1) is 0 Å². The van der Waals surface area contributed by atoms with Gasteiger partial charge in [-0.2, -0.15) is 0 Å². The first kappa shape index (κ1) is 8.44. The van der Waals surface area contributed by atoms with Crippen LogP contribution in [0.1, 0.15) is 32.6 Å². The van der Waals surface area contributed by atoms with E-state index in [1.807, 2.05) is 0 Å². The molecular formula is C9H18N2. The van der Waals surface area contributed by atoms with Gasteiger partial charge < -0.3 is 10.6 Å². The van der Waals surface area contributed by atoms with Crippen molar-refractivity contribution in [1.29, 1.82) is 0 Å². The Hall–Kier alpha value is -0.660. The lowest BCUT2D eigenvalue weighted by Gasteiger charge is -1.98. The highest BCUT2D eigenvalue weighted by Crippen LogP contribution is 2.01. The van der Waals surface area contributed by atoms with Crippen LogP contribution in [0.2, 0.25) is 0 Å². The highest BCUT2D eigenvalue weighted by Gasteiger charge is 2.00. The van der Waals surface area contributed by atoms with Crippen molar-refractivity contribution in [3.63, 3.8) is 0 Å². The maximum Gasteiger partial charge on any atom is 0.0946 e. The first-order valence-corrected chi connectivity index (χ1v) is 4.61. The number of unbranched alkanes of at least 4 members (excludes halogenated alkanes) is 3. The maximum absolute atomic E-state index is 3.28. The molecule has 2 heteroatoms. The van der Waals surface area contributed by atoms with Crippen LogP contribution in [0.3, 0.4) is 0 Å². The van der Waals surface area contributed by atoms with Crippen LogP contribution in [0.25, 0.3) is 0 Å². The van der Waals surface area contributed by atoms with Gasteiger partial charge in [0.25, 0.3) is 0 Å². The van der Waals surface area contributed by atoms with E-state index < -0.39 is 0 Å². The molecule has 0 aliphatic carbocycles. The predicted molar refractivity (Wildman–Crippen MR) is 48.2 cm³/mol. The fraction of sp³-hybridized carbons (Fsp3) is 0.778. The van der Waals surface area contributed by atoms with Crippen molar-refractivity contribution in [2.75, 3.05) is 13.1 Å². The molecule has 1 saturated heterocycles. The number of rotatable bonds is 4. The average Bonchev–Trinajstić information content (AvgIpc) is 2.50. The molecular weight excluding hydrogens is 136 g/mol. The van der Waals surface area contributed by atoms with Crippen LogP contribution in [0.15, 0.2) is 11.9 Å². The molecule has 1 rings (SSSR count). The molecule has 0 bridgehead atoms. The van der Waals surface area contributed by atoms with E-state index in [4.69, 9.17) is 0 Å². The summed E-state index contributed by atoms with van der Waals surface area (Å²) in [6, 6.07) is 0. The summed E-state index contributed by atoms with van der Waals surface area (Å²) in [5.74, 6) is 1.24. The SMILES string of the molecule is CCCCCC=C1NCCN1. The van der Waals surface area contributed by atoms with Crippen LogP contribution < -0.4 is 10.6 Å². The summed E-state index contributed by atoms with van der Waals surface area (Å²) in [7, 11) is 0. The summed E-state index contributed by atoms with van der Waals surface area (Å²) in [4.78, 5) is 0. The van der Waals surface area contributed by atoms with E-state index >= 15 is 0 Å². The molecule has 2 N–H and O–H groups in total. The Balaban J connectivity index is 2.03. The van der Waals surface area contributed by atoms with Crippen molar-refractivity contribution in [3.05, 3.63) is 11.9 Å². The van der Waals surface area contributed by atoms with Gasteiger partial charge in [0.15, 0.2) is 0 Å². The van der Waals surface area contributed by atoms with Gasteiger partial charge in [-0.3, -0.25) is 0 Å². The van der Waals surface area contributed by atoms with E-state index in [-0.39, 0.29) is 0 Å². The lowest BCUT2D eigenvalue weighted by atomic mass is 10.2. The molecule has 0 saturated carbocycles. The van der Waals surface area contributed by atoms with E-state index in [0.717, 1.165) is 13.1 Å². The molecule has 0 aromatic rings. The summed E-state index contributed by atoms with van der Waals surface area (Å²) < 4.78 is 0. The fourth-order valence-electron chi connectivity index (χ4n) is 1.24. The van der Waals surface area contributed by atoms with Crippen LogP contribution >= 0.6 is 0 Å². The third-order valence-corrected chi connectivity index (χ3v) is 1.91. The second-order valence-corrected chi connectivity index (χ2v) is 2.97. The minimum Gasteiger partial charge on any atom is -0.370 e. The lowest BCUT2D eigenvalue weighted by molar-refractivity contribution is 0.722. The van der Waals surface area contributed by atoms with Crippen LogP contribution in [-0.4, -0.2) is 13.1 Å². The summed E-state index contributed by atoms with van der Waals surface area (Å²) in [5.41, 5.74) is 0. The van der Waals surface area contributed by atoms with Crippen LogP contribution in [0.5, 0.6) is 0 Å². The third kappa shape index (κ3) is 3.30. The normalized spacial score (nSPS) is 15.9. The molecule has 11 heavy (non-hydrogen) atoms. The molecule has 0 radical (unpaired) electrons. The molecule has 1 fully saturated rings. The second kappa shape index (κ2) is 5.05. The Kier molecular flexibility index (Phi) is 3.87. The van der Waals surface area contributed by atoms with Gasteiger partial charge in [-0.25, -0.2) is 0 Å². The van der Waals surface area contributed by atoms with Gasteiger partial charge in [-0.15, -0.1) is 0 Å². The molecule has 0 atom stereocenters. The molecule has 0 aromatic heterocycles. The molecule has 0 unspecified atom stereocenters. The standard InChI is InChI=1S/C9H18N2/c1-2-3-4-5-6-9-10-7-8-11-9/h6,10-11H,2-5,7-8H2,1H3. The first-order valence-electron chi connectivity index (χ1n) is 4.61. The van der Waals surface area contributed by atoms with Gasteiger partial charge in [0, 0.05) is 13.1 Å². The zero-order valence-corrected chi connectivity index (χ0v) is 7.32. The number of nitrogens with one attached hydrogen (secondary N) is 2. The monoisotopic (exact) mass is 154 g/mol. The van der Waals surface area contributed by atoms with Crippen molar-refractivity contribution >= 4 is 0 Å². The summed E-state index contributed by atoms with van der Waals surface area (Å²) in [6.07, 6.45) is 7.46. The van der Waals surface area contributed by atoms with Crippen molar-refractivity contribution in [2.24, 2.45) is 0 Å².